The molecule has 0 aromatic heterocycles. The molecule has 0 bridgehead atoms. The van der Waals surface area contributed by atoms with Gasteiger partial charge in [0.05, 0.1) is 36.8 Å². The maximum atomic E-state index is 13.2. The van der Waals surface area contributed by atoms with Crippen molar-refractivity contribution in [3.05, 3.63) is 29.8 Å². The van der Waals surface area contributed by atoms with Gasteiger partial charge >= 0.3 is 0 Å². The lowest BCUT2D eigenvalue weighted by atomic mass is 10.1. The molecule has 31 heavy (non-hydrogen) atoms. The Morgan fingerprint density at radius 3 is 2.39 bits per heavy atom. The van der Waals surface area contributed by atoms with Crippen LogP contribution in [0.15, 0.2) is 29.2 Å². The third kappa shape index (κ3) is 5.79. The van der Waals surface area contributed by atoms with Crippen LogP contribution in [0.3, 0.4) is 0 Å². The molecule has 170 valence electrons. The number of amides is 2. The molecule has 1 aromatic carbocycles. The first-order valence-electron chi connectivity index (χ1n) is 10.7. The molecule has 1 atom stereocenters. The molecule has 0 saturated carbocycles. The van der Waals surface area contributed by atoms with Crippen LogP contribution >= 0.6 is 11.8 Å². The minimum atomic E-state index is -2.95. The molecule has 2 amide bonds. The van der Waals surface area contributed by atoms with Crippen molar-refractivity contribution in [2.75, 3.05) is 70.5 Å². The first-order valence-corrected chi connectivity index (χ1v) is 13.4. The van der Waals surface area contributed by atoms with Gasteiger partial charge in [-0.25, -0.2) is 8.42 Å². The maximum Gasteiger partial charge on any atom is 0.255 e. The summed E-state index contributed by atoms with van der Waals surface area (Å²) in [6.45, 7) is 5.34. The second kappa shape index (κ2) is 9.89. The Kier molecular flexibility index (Phi) is 7.20. The number of ether oxygens (including phenoxy) is 1. The zero-order valence-electron chi connectivity index (χ0n) is 17.6. The molecule has 3 aliphatic rings. The number of benzene rings is 1. The van der Waals surface area contributed by atoms with Crippen molar-refractivity contribution in [3.8, 4) is 0 Å². The highest BCUT2D eigenvalue weighted by Gasteiger charge is 2.31. The van der Waals surface area contributed by atoms with Crippen LogP contribution in [0.1, 0.15) is 16.8 Å². The third-order valence-electron chi connectivity index (χ3n) is 5.98. The molecule has 4 rings (SSSR count). The maximum absolute atomic E-state index is 13.2. The number of rotatable bonds is 5. The summed E-state index contributed by atoms with van der Waals surface area (Å²) in [6, 6.07) is 7.46. The zero-order valence-corrected chi connectivity index (χ0v) is 19.2. The van der Waals surface area contributed by atoms with E-state index in [2.05, 4.69) is 4.90 Å². The van der Waals surface area contributed by atoms with Gasteiger partial charge in [0, 0.05) is 49.4 Å². The quantitative estimate of drug-likeness (QED) is 0.626. The third-order valence-corrected chi connectivity index (χ3v) is 9.31. The first kappa shape index (κ1) is 22.6. The molecule has 0 spiro atoms. The van der Waals surface area contributed by atoms with Crippen molar-refractivity contribution in [1.29, 1.82) is 0 Å². The van der Waals surface area contributed by atoms with E-state index in [1.54, 1.807) is 0 Å². The van der Waals surface area contributed by atoms with Crippen molar-refractivity contribution < 1.29 is 22.7 Å². The van der Waals surface area contributed by atoms with Gasteiger partial charge in [0.15, 0.2) is 9.84 Å². The Balaban J connectivity index is 1.32. The van der Waals surface area contributed by atoms with Crippen LogP contribution in [0.5, 0.6) is 0 Å². The molecule has 3 aliphatic heterocycles. The Bertz CT molecular complexity index is 909. The monoisotopic (exact) mass is 467 g/mol. The molecule has 0 N–H and O–H groups in total. The summed E-state index contributed by atoms with van der Waals surface area (Å²) in [5.41, 5.74) is 0.634. The van der Waals surface area contributed by atoms with E-state index >= 15 is 0 Å². The number of piperazine rings is 1. The number of thioether (sulfide) groups is 1. The van der Waals surface area contributed by atoms with Gasteiger partial charge in [-0.1, -0.05) is 12.1 Å². The lowest BCUT2D eigenvalue weighted by Gasteiger charge is -2.36. The van der Waals surface area contributed by atoms with E-state index in [-0.39, 0.29) is 28.6 Å². The minimum Gasteiger partial charge on any atom is -0.378 e. The van der Waals surface area contributed by atoms with Crippen LogP contribution in [-0.2, 0) is 19.4 Å². The molecule has 3 fully saturated rings. The molecule has 1 aromatic rings. The molecular weight excluding hydrogens is 438 g/mol. The predicted octanol–water partition coefficient (Wildman–Crippen LogP) is 0.582. The molecule has 0 aliphatic carbocycles. The number of nitrogens with zero attached hydrogens (tertiary/aromatic N) is 3. The Morgan fingerprint density at radius 1 is 1.00 bits per heavy atom. The van der Waals surface area contributed by atoms with Crippen LogP contribution in [-0.4, -0.2) is 111 Å². The molecule has 3 heterocycles. The predicted molar refractivity (Wildman–Crippen MR) is 119 cm³/mol. The minimum absolute atomic E-state index is 0.00185. The fourth-order valence-electron chi connectivity index (χ4n) is 4.16. The summed E-state index contributed by atoms with van der Waals surface area (Å²) in [5.74, 6) is 0.501. The highest BCUT2D eigenvalue weighted by Crippen LogP contribution is 2.33. The molecule has 10 heteroatoms. The summed E-state index contributed by atoms with van der Waals surface area (Å²) in [5, 5.41) is 0.00185. The molecule has 8 nitrogen and oxygen atoms in total. The van der Waals surface area contributed by atoms with Crippen molar-refractivity contribution in [2.45, 2.75) is 16.6 Å². The first-order chi connectivity index (χ1) is 14.9. The van der Waals surface area contributed by atoms with Crippen molar-refractivity contribution in [3.63, 3.8) is 0 Å². The topological polar surface area (TPSA) is 87.2 Å². The average Bonchev–Trinajstić information content (AvgIpc) is 3.13. The number of hydrogen-bond donors (Lipinski definition) is 0. The van der Waals surface area contributed by atoms with Crippen molar-refractivity contribution >= 4 is 33.4 Å². The zero-order chi connectivity index (χ0) is 21.8. The number of morpholine rings is 1. The number of hydrogen-bond acceptors (Lipinski definition) is 7. The van der Waals surface area contributed by atoms with Gasteiger partial charge in [-0.3, -0.25) is 14.5 Å². The van der Waals surface area contributed by atoms with Crippen LogP contribution in [0, 0.1) is 0 Å². The smallest absolute Gasteiger partial charge is 0.255 e. The van der Waals surface area contributed by atoms with E-state index in [9.17, 15) is 18.0 Å². The van der Waals surface area contributed by atoms with Gasteiger partial charge in [-0.2, -0.15) is 0 Å². The van der Waals surface area contributed by atoms with Gasteiger partial charge < -0.3 is 14.5 Å². The number of carbonyl (C=O) groups is 2. The van der Waals surface area contributed by atoms with E-state index in [1.165, 1.54) is 11.8 Å². The van der Waals surface area contributed by atoms with Crippen LogP contribution < -0.4 is 0 Å². The SMILES string of the molecule is O=C(CN1CCN(C(=O)c2ccccc2S[C@H]2CCS(=O)(=O)C2)CC1)N1CCOCC1. The molecule has 3 saturated heterocycles. The lowest BCUT2D eigenvalue weighted by molar-refractivity contribution is -0.136. The van der Waals surface area contributed by atoms with Gasteiger partial charge in [-0.15, -0.1) is 11.8 Å². The van der Waals surface area contributed by atoms with E-state index in [0.29, 0.717) is 71.0 Å². The lowest BCUT2D eigenvalue weighted by Crippen LogP contribution is -2.52. The van der Waals surface area contributed by atoms with E-state index in [1.807, 2.05) is 34.1 Å². The summed E-state index contributed by atoms with van der Waals surface area (Å²) >= 11 is 1.50. The highest BCUT2D eigenvalue weighted by molar-refractivity contribution is 8.02. The Labute approximate surface area is 187 Å². The Morgan fingerprint density at radius 2 is 1.71 bits per heavy atom. The summed E-state index contributed by atoms with van der Waals surface area (Å²) in [6.07, 6.45) is 0.630. The largest absolute Gasteiger partial charge is 0.378 e. The van der Waals surface area contributed by atoms with E-state index in [4.69, 9.17) is 4.74 Å². The standard InChI is InChI=1S/C21H29N3O5S2/c25-20(23-10-12-29-13-11-23)15-22-6-8-24(9-7-22)21(26)18-3-1-2-4-19(18)30-17-5-14-31(27,28)16-17/h1-4,17H,5-16H2/t17-/m0/s1. The van der Waals surface area contributed by atoms with Crippen LogP contribution in [0.4, 0.5) is 0 Å². The van der Waals surface area contributed by atoms with Gasteiger partial charge in [-0.05, 0) is 18.6 Å². The fourth-order valence-corrected chi connectivity index (χ4v) is 7.78. The van der Waals surface area contributed by atoms with Gasteiger partial charge in [0.1, 0.15) is 0 Å². The van der Waals surface area contributed by atoms with Crippen molar-refractivity contribution in [2.24, 2.45) is 0 Å². The van der Waals surface area contributed by atoms with Crippen LogP contribution in [0.25, 0.3) is 0 Å². The van der Waals surface area contributed by atoms with Crippen LogP contribution in [0.2, 0.25) is 0 Å². The summed E-state index contributed by atoms with van der Waals surface area (Å²) < 4.78 is 28.9. The van der Waals surface area contributed by atoms with Gasteiger partial charge in [0.25, 0.3) is 5.91 Å². The van der Waals surface area contributed by atoms with Gasteiger partial charge in [0.2, 0.25) is 5.91 Å². The fraction of sp³-hybridized carbons (Fsp3) is 0.619. The second-order valence-corrected chi connectivity index (χ2v) is 11.8. The molecule has 0 radical (unpaired) electrons. The summed E-state index contributed by atoms with van der Waals surface area (Å²) in [7, 11) is -2.95. The summed E-state index contributed by atoms with van der Waals surface area (Å²) in [4.78, 5) is 32.3. The van der Waals surface area contributed by atoms with Crippen molar-refractivity contribution in [1.82, 2.24) is 14.7 Å². The van der Waals surface area contributed by atoms with E-state index < -0.39 is 9.84 Å². The average molecular weight is 468 g/mol. The highest BCUT2D eigenvalue weighted by atomic mass is 32.2. The second-order valence-electron chi connectivity index (χ2n) is 8.20. The Hall–Kier alpha value is -1.62. The number of sulfone groups is 1. The van der Waals surface area contributed by atoms with E-state index in [0.717, 1.165) is 4.90 Å². The normalized spacial score (nSPS) is 24.3. The molecular formula is C21H29N3O5S2. The number of carbonyl (C=O) groups excluding carboxylic acids is 2. The molecule has 0 unspecified atom stereocenters.